The maximum atomic E-state index is 14.4. The van der Waals surface area contributed by atoms with Gasteiger partial charge in [-0.25, -0.2) is 4.39 Å². The Hall–Kier alpha value is -3.48. The molecule has 1 aromatic carbocycles. The van der Waals surface area contributed by atoms with Crippen LogP contribution >= 0.6 is 0 Å². The van der Waals surface area contributed by atoms with Crippen molar-refractivity contribution >= 4 is 23.0 Å². The number of carbonyl (C=O) groups is 1. The number of rotatable bonds is 4. The van der Waals surface area contributed by atoms with E-state index in [4.69, 9.17) is 0 Å². The minimum atomic E-state index is -0.337. The van der Waals surface area contributed by atoms with Crippen molar-refractivity contribution in [1.29, 1.82) is 0 Å². The third-order valence-corrected chi connectivity index (χ3v) is 5.10. The lowest BCUT2D eigenvalue weighted by atomic mass is 10.00. The Labute approximate surface area is 168 Å². The second-order valence-corrected chi connectivity index (χ2v) is 7.11. The fraction of sp³-hybridized carbons (Fsp3) is 0.227. The molecule has 0 fully saturated rings. The fourth-order valence-corrected chi connectivity index (χ4v) is 3.68. The highest BCUT2D eigenvalue weighted by Gasteiger charge is 2.28. The van der Waals surface area contributed by atoms with E-state index in [0.717, 1.165) is 17.8 Å². The number of fused-ring (bicyclic) bond motifs is 1. The number of allylic oxidation sites excluding steroid dienone is 1. The predicted molar refractivity (Wildman–Crippen MR) is 112 cm³/mol. The number of halogens is 1. The molecule has 0 unspecified atom stereocenters. The van der Waals surface area contributed by atoms with Crippen LogP contribution in [0.3, 0.4) is 0 Å². The van der Waals surface area contributed by atoms with Gasteiger partial charge in [0, 0.05) is 35.1 Å². The monoisotopic (exact) mass is 391 g/mol. The molecule has 0 spiro atoms. The van der Waals surface area contributed by atoms with Crippen molar-refractivity contribution in [3.8, 4) is 11.3 Å². The fourth-order valence-electron chi connectivity index (χ4n) is 3.68. The molecule has 0 saturated heterocycles. The first-order valence-corrected chi connectivity index (χ1v) is 9.48. The summed E-state index contributed by atoms with van der Waals surface area (Å²) in [7, 11) is 0. The average molecular weight is 391 g/mol. The summed E-state index contributed by atoms with van der Waals surface area (Å²) >= 11 is 0. The third kappa shape index (κ3) is 3.29. The van der Waals surface area contributed by atoms with Gasteiger partial charge in [0.25, 0.3) is 5.91 Å². The number of amides is 1. The number of carbonyl (C=O) groups excluding carboxylic acids is 1. The Bertz CT molecular complexity index is 1140. The summed E-state index contributed by atoms with van der Waals surface area (Å²) in [6, 6.07) is 8.61. The molecule has 0 atom stereocenters. The first-order chi connectivity index (χ1) is 13.9. The van der Waals surface area contributed by atoms with Crippen LogP contribution in [-0.4, -0.2) is 20.7 Å². The number of hydrogen-bond acceptors (Lipinski definition) is 4. The van der Waals surface area contributed by atoms with Crippen LogP contribution in [0.4, 0.5) is 15.9 Å². The molecule has 7 heteroatoms. The van der Waals surface area contributed by atoms with E-state index in [1.54, 1.807) is 18.3 Å². The van der Waals surface area contributed by atoms with Crippen LogP contribution in [0, 0.1) is 19.7 Å². The van der Waals surface area contributed by atoms with Crippen LogP contribution in [0.1, 0.15) is 30.7 Å². The number of benzene rings is 1. The number of aryl methyl sites for hydroxylation is 3. The first-order valence-electron chi connectivity index (χ1n) is 9.48. The van der Waals surface area contributed by atoms with E-state index in [0.29, 0.717) is 39.6 Å². The summed E-state index contributed by atoms with van der Waals surface area (Å²) in [5.41, 5.74) is 5.23. The molecule has 148 valence electrons. The molecule has 4 rings (SSSR count). The molecular weight excluding hydrogens is 369 g/mol. The molecule has 0 saturated carbocycles. The lowest BCUT2D eigenvalue weighted by Gasteiger charge is -2.10. The van der Waals surface area contributed by atoms with Crippen molar-refractivity contribution in [3.05, 3.63) is 64.9 Å². The van der Waals surface area contributed by atoms with E-state index in [1.165, 1.54) is 6.07 Å². The van der Waals surface area contributed by atoms with Gasteiger partial charge in [0.15, 0.2) is 5.82 Å². The quantitative estimate of drug-likeness (QED) is 0.642. The summed E-state index contributed by atoms with van der Waals surface area (Å²) in [5.74, 6) is 0.117. The summed E-state index contributed by atoms with van der Waals surface area (Å²) in [5, 5.41) is 10.5. The molecule has 0 aliphatic carbocycles. The zero-order valence-corrected chi connectivity index (χ0v) is 16.8. The summed E-state index contributed by atoms with van der Waals surface area (Å²) in [6.07, 6.45) is 1.57. The summed E-state index contributed by atoms with van der Waals surface area (Å²) in [4.78, 5) is 17.0. The minimum absolute atomic E-state index is 0.221. The lowest BCUT2D eigenvalue weighted by Crippen LogP contribution is -2.09. The van der Waals surface area contributed by atoms with Gasteiger partial charge in [-0.15, -0.1) is 0 Å². The van der Waals surface area contributed by atoms with Gasteiger partial charge in [0.2, 0.25) is 0 Å². The highest BCUT2D eigenvalue weighted by Crippen LogP contribution is 2.37. The SMILES string of the molecule is CCn1nc(NC(C)=C2C(=O)Nc3cnc(-c4c(C)cccc4F)cc32)cc1C. The van der Waals surface area contributed by atoms with E-state index >= 15 is 0 Å². The highest BCUT2D eigenvalue weighted by atomic mass is 19.1. The van der Waals surface area contributed by atoms with Gasteiger partial charge >= 0.3 is 0 Å². The smallest absolute Gasteiger partial charge is 0.258 e. The second-order valence-electron chi connectivity index (χ2n) is 7.11. The van der Waals surface area contributed by atoms with E-state index in [2.05, 4.69) is 20.7 Å². The molecule has 0 bridgehead atoms. The normalized spacial score (nSPS) is 14.6. The van der Waals surface area contributed by atoms with E-state index in [9.17, 15) is 9.18 Å². The molecule has 29 heavy (non-hydrogen) atoms. The number of hydrogen-bond donors (Lipinski definition) is 2. The number of anilines is 2. The van der Waals surface area contributed by atoms with Crippen molar-refractivity contribution in [2.45, 2.75) is 34.2 Å². The average Bonchev–Trinajstić information content (AvgIpc) is 3.19. The van der Waals surface area contributed by atoms with Gasteiger partial charge in [-0.2, -0.15) is 5.10 Å². The summed E-state index contributed by atoms with van der Waals surface area (Å²) in [6.45, 7) is 8.44. The van der Waals surface area contributed by atoms with Crippen LogP contribution in [0.15, 0.2) is 42.2 Å². The molecule has 0 radical (unpaired) electrons. The first kappa shape index (κ1) is 18.9. The Morgan fingerprint density at radius 2 is 2.07 bits per heavy atom. The van der Waals surface area contributed by atoms with Crippen LogP contribution < -0.4 is 10.6 Å². The third-order valence-electron chi connectivity index (χ3n) is 5.10. The van der Waals surface area contributed by atoms with E-state index in [-0.39, 0.29) is 11.7 Å². The molecule has 3 aromatic rings. The zero-order chi connectivity index (χ0) is 20.7. The lowest BCUT2D eigenvalue weighted by molar-refractivity contribution is -0.110. The molecule has 1 amide bonds. The topological polar surface area (TPSA) is 71.8 Å². The van der Waals surface area contributed by atoms with Crippen LogP contribution in [0.5, 0.6) is 0 Å². The summed E-state index contributed by atoms with van der Waals surface area (Å²) < 4.78 is 16.3. The molecule has 2 aromatic heterocycles. The van der Waals surface area contributed by atoms with Gasteiger partial charge in [-0.1, -0.05) is 12.1 Å². The van der Waals surface area contributed by atoms with Gasteiger partial charge in [-0.3, -0.25) is 14.5 Å². The Morgan fingerprint density at radius 1 is 1.28 bits per heavy atom. The largest absolute Gasteiger partial charge is 0.342 e. The van der Waals surface area contributed by atoms with E-state index < -0.39 is 0 Å². The molecule has 6 nitrogen and oxygen atoms in total. The second kappa shape index (κ2) is 7.16. The number of pyridine rings is 1. The van der Waals surface area contributed by atoms with Crippen LogP contribution in [0.25, 0.3) is 16.8 Å². The Kier molecular flexibility index (Phi) is 4.66. The van der Waals surface area contributed by atoms with Crippen LogP contribution in [0.2, 0.25) is 0 Å². The maximum Gasteiger partial charge on any atom is 0.258 e. The molecule has 2 N–H and O–H groups in total. The molecule has 1 aliphatic heterocycles. The standard InChI is InChI=1S/C22H22FN5O/c1-5-28-13(3)9-19(27-28)25-14(4)21-15-10-17(24-11-18(15)26-22(21)29)20-12(2)7-6-8-16(20)23/h6-11H,5H2,1-4H3,(H,25,27)(H,26,29). The van der Waals surface area contributed by atoms with Gasteiger partial charge < -0.3 is 10.6 Å². The maximum absolute atomic E-state index is 14.4. The highest BCUT2D eigenvalue weighted by molar-refractivity contribution is 6.32. The van der Waals surface area contributed by atoms with E-state index in [1.807, 2.05) is 44.5 Å². The minimum Gasteiger partial charge on any atom is -0.342 e. The van der Waals surface area contributed by atoms with Gasteiger partial charge in [0.1, 0.15) is 5.82 Å². The van der Waals surface area contributed by atoms with Crippen LogP contribution in [-0.2, 0) is 11.3 Å². The van der Waals surface area contributed by atoms with Crippen molar-refractivity contribution in [2.75, 3.05) is 10.6 Å². The molecule has 1 aliphatic rings. The van der Waals surface area contributed by atoms with Crippen molar-refractivity contribution < 1.29 is 9.18 Å². The number of nitrogens with zero attached hydrogens (tertiary/aromatic N) is 3. The molecular formula is C22H22FN5O. The number of nitrogens with one attached hydrogen (secondary N) is 2. The Morgan fingerprint density at radius 3 is 2.76 bits per heavy atom. The molecule has 3 heterocycles. The van der Waals surface area contributed by atoms with Gasteiger partial charge in [0.05, 0.1) is 23.2 Å². The van der Waals surface area contributed by atoms with Gasteiger partial charge in [-0.05, 0) is 45.4 Å². The Balaban J connectivity index is 1.77. The van der Waals surface area contributed by atoms with Crippen molar-refractivity contribution in [3.63, 3.8) is 0 Å². The number of aromatic nitrogens is 3. The van der Waals surface area contributed by atoms with Crippen molar-refractivity contribution in [2.24, 2.45) is 0 Å². The zero-order valence-electron chi connectivity index (χ0n) is 16.8. The predicted octanol–water partition coefficient (Wildman–Crippen LogP) is 4.52. The van der Waals surface area contributed by atoms with Crippen molar-refractivity contribution in [1.82, 2.24) is 14.8 Å².